The smallest absolute Gasteiger partial charge is 0.321 e. The number of piperidine rings is 1. The number of nitrogens with zero attached hydrogens (tertiary/aromatic N) is 2. The predicted octanol–water partition coefficient (Wildman–Crippen LogP) is 1.77. The number of amides is 1. The second-order valence-electron chi connectivity index (χ2n) is 3.98. The number of likely N-dealkylation sites (tertiary alicyclic amines) is 1. The van der Waals surface area contributed by atoms with Crippen LogP contribution >= 0.6 is 11.6 Å². The van der Waals surface area contributed by atoms with Crippen LogP contribution in [0.5, 0.6) is 0 Å². The highest BCUT2D eigenvalue weighted by molar-refractivity contribution is 6.20. The van der Waals surface area contributed by atoms with Crippen LogP contribution in [0.15, 0.2) is 12.1 Å². The fourth-order valence-corrected chi connectivity index (χ4v) is 2.03. The van der Waals surface area contributed by atoms with Crippen molar-refractivity contribution >= 4 is 23.3 Å². The summed E-state index contributed by atoms with van der Waals surface area (Å²) < 4.78 is 0. The van der Waals surface area contributed by atoms with Gasteiger partial charge in [0.05, 0.1) is 0 Å². The summed E-state index contributed by atoms with van der Waals surface area (Å²) in [4.78, 5) is 26.1. The topological polar surface area (TPSA) is 79.2 Å². The molecule has 0 radical (unpaired) electrons. The zero-order chi connectivity index (χ0) is 12.4. The lowest BCUT2D eigenvalue weighted by molar-refractivity contribution is -0.389. The van der Waals surface area contributed by atoms with Gasteiger partial charge in [0, 0.05) is 24.5 Å². The number of aromatic nitrogens is 1. The van der Waals surface area contributed by atoms with Crippen molar-refractivity contribution < 1.29 is 9.72 Å². The van der Waals surface area contributed by atoms with Crippen molar-refractivity contribution in [3.8, 4) is 0 Å². The Balaban J connectivity index is 2.06. The van der Waals surface area contributed by atoms with E-state index in [0.717, 1.165) is 12.8 Å². The molecule has 1 fully saturated rings. The van der Waals surface area contributed by atoms with E-state index in [1.54, 1.807) is 4.90 Å². The summed E-state index contributed by atoms with van der Waals surface area (Å²) in [6, 6.07) is 2.73. The maximum Gasteiger partial charge on any atom is 0.321 e. The monoisotopic (exact) mass is 257 g/mol. The summed E-state index contributed by atoms with van der Waals surface area (Å²) in [7, 11) is 0. The lowest BCUT2D eigenvalue weighted by Gasteiger charge is -2.28. The molecular weight excluding hydrogens is 246 g/mol. The summed E-state index contributed by atoms with van der Waals surface area (Å²) in [5.74, 6) is -0.373. The first-order chi connectivity index (χ1) is 8.08. The van der Waals surface area contributed by atoms with Gasteiger partial charge in [-0.3, -0.25) is 4.79 Å². The molecule has 6 nitrogen and oxygen atoms in total. The highest BCUT2D eigenvalue weighted by Gasteiger charge is 2.25. The molecule has 0 saturated carbocycles. The van der Waals surface area contributed by atoms with Gasteiger partial charge in [-0.2, -0.15) is 0 Å². The molecule has 7 heteroatoms. The maximum absolute atomic E-state index is 12.0. The highest BCUT2D eigenvalue weighted by Crippen LogP contribution is 2.18. The van der Waals surface area contributed by atoms with Crippen LogP contribution in [-0.4, -0.2) is 39.2 Å². The van der Waals surface area contributed by atoms with Gasteiger partial charge >= 0.3 is 5.82 Å². The van der Waals surface area contributed by atoms with Gasteiger partial charge in [0.2, 0.25) is 0 Å². The molecule has 2 rings (SSSR count). The van der Waals surface area contributed by atoms with Gasteiger partial charge in [0.15, 0.2) is 5.69 Å². The van der Waals surface area contributed by atoms with Crippen molar-refractivity contribution in [2.45, 2.75) is 18.2 Å². The first kappa shape index (κ1) is 11.9. The quantitative estimate of drug-likeness (QED) is 0.498. The molecule has 1 saturated heterocycles. The van der Waals surface area contributed by atoms with Crippen molar-refractivity contribution in [3.05, 3.63) is 27.9 Å². The first-order valence-corrected chi connectivity index (χ1v) is 5.78. The molecule has 17 heavy (non-hydrogen) atoms. The lowest BCUT2D eigenvalue weighted by atomic mass is 10.1. The molecule has 1 aromatic heterocycles. The van der Waals surface area contributed by atoms with Crippen LogP contribution in [0.25, 0.3) is 0 Å². The summed E-state index contributed by atoms with van der Waals surface area (Å²) in [6.07, 6.45) is 1.52. The number of rotatable bonds is 2. The Labute approximate surface area is 103 Å². The van der Waals surface area contributed by atoms with Gasteiger partial charge in [-0.1, -0.05) is 0 Å². The first-order valence-electron chi connectivity index (χ1n) is 5.34. The fourth-order valence-electron chi connectivity index (χ4n) is 1.84. The van der Waals surface area contributed by atoms with Gasteiger partial charge in [0.1, 0.15) is 0 Å². The van der Waals surface area contributed by atoms with E-state index in [9.17, 15) is 14.9 Å². The van der Waals surface area contributed by atoms with Crippen molar-refractivity contribution in [3.63, 3.8) is 0 Å². The minimum atomic E-state index is -0.554. The maximum atomic E-state index is 12.0. The van der Waals surface area contributed by atoms with E-state index >= 15 is 0 Å². The Morgan fingerprint density at radius 3 is 2.65 bits per heavy atom. The zero-order valence-electron chi connectivity index (χ0n) is 9.06. The molecule has 1 aromatic rings. The molecule has 0 unspecified atom stereocenters. The van der Waals surface area contributed by atoms with Crippen molar-refractivity contribution in [2.75, 3.05) is 13.1 Å². The average molecular weight is 258 g/mol. The van der Waals surface area contributed by atoms with Crippen LogP contribution in [0.4, 0.5) is 5.82 Å². The average Bonchev–Trinajstić information content (AvgIpc) is 2.78. The van der Waals surface area contributed by atoms with E-state index in [1.165, 1.54) is 12.1 Å². The van der Waals surface area contributed by atoms with Crippen LogP contribution in [0, 0.1) is 10.1 Å². The van der Waals surface area contributed by atoms with Crippen LogP contribution in [0.1, 0.15) is 23.3 Å². The Kier molecular flexibility index (Phi) is 3.33. The molecular formula is C10H12ClN3O3. The van der Waals surface area contributed by atoms with Crippen molar-refractivity contribution in [1.82, 2.24) is 9.88 Å². The minimum Gasteiger partial charge on any atom is -0.358 e. The van der Waals surface area contributed by atoms with E-state index in [2.05, 4.69) is 4.98 Å². The Morgan fingerprint density at radius 2 is 2.12 bits per heavy atom. The summed E-state index contributed by atoms with van der Waals surface area (Å²) in [5.41, 5.74) is 0.254. The SMILES string of the molecule is O=C(c1ccc([N+](=O)[O-])[nH]1)N1CCC(Cl)CC1. The molecule has 2 heterocycles. The van der Waals surface area contributed by atoms with Crippen LogP contribution in [-0.2, 0) is 0 Å². The van der Waals surface area contributed by atoms with Gasteiger partial charge in [0.25, 0.3) is 5.91 Å². The van der Waals surface area contributed by atoms with Crippen LogP contribution < -0.4 is 0 Å². The molecule has 0 aromatic carbocycles. The zero-order valence-corrected chi connectivity index (χ0v) is 9.81. The van der Waals surface area contributed by atoms with E-state index in [4.69, 9.17) is 11.6 Å². The lowest BCUT2D eigenvalue weighted by Crippen LogP contribution is -2.38. The second kappa shape index (κ2) is 4.75. The molecule has 1 aliphatic rings. The Hall–Kier alpha value is -1.56. The molecule has 0 bridgehead atoms. The van der Waals surface area contributed by atoms with Gasteiger partial charge < -0.3 is 15.0 Å². The second-order valence-corrected chi connectivity index (χ2v) is 4.60. The van der Waals surface area contributed by atoms with Crippen LogP contribution in [0.3, 0.4) is 0 Å². The normalized spacial score (nSPS) is 17.1. The minimum absolute atomic E-state index is 0.122. The number of carbonyl (C=O) groups excluding carboxylic acids is 1. The summed E-state index contributed by atoms with van der Waals surface area (Å²) in [5, 5.41) is 10.6. The largest absolute Gasteiger partial charge is 0.358 e. The number of halogens is 1. The van der Waals surface area contributed by atoms with Crippen molar-refractivity contribution in [1.29, 1.82) is 0 Å². The molecule has 1 aliphatic heterocycles. The number of alkyl halides is 1. The molecule has 0 aliphatic carbocycles. The van der Waals surface area contributed by atoms with Crippen LogP contribution in [0.2, 0.25) is 0 Å². The summed E-state index contributed by atoms with van der Waals surface area (Å²) in [6.45, 7) is 1.19. The number of hydrogen-bond acceptors (Lipinski definition) is 3. The Bertz CT molecular complexity index is 438. The molecule has 0 atom stereocenters. The third-order valence-electron chi connectivity index (χ3n) is 2.81. The van der Waals surface area contributed by atoms with E-state index < -0.39 is 4.92 Å². The molecule has 1 amide bonds. The number of nitro groups is 1. The third-order valence-corrected chi connectivity index (χ3v) is 3.25. The fraction of sp³-hybridized carbons (Fsp3) is 0.500. The molecule has 1 N–H and O–H groups in total. The Morgan fingerprint density at radius 1 is 1.47 bits per heavy atom. The van der Waals surface area contributed by atoms with Gasteiger partial charge in [-0.15, -0.1) is 11.6 Å². The number of hydrogen-bond donors (Lipinski definition) is 1. The van der Waals surface area contributed by atoms with E-state index in [1.807, 2.05) is 0 Å². The highest BCUT2D eigenvalue weighted by atomic mass is 35.5. The number of H-pyrrole nitrogens is 1. The van der Waals surface area contributed by atoms with Gasteiger partial charge in [-0.25, -0.2) is 4.98 Å². The number of nitrogens with one attached hydrogen (secondary N) is 1. The standard InChI is InChI=1S/C10H12ClN3O3/c11-7-3-5-13(6-4-7)10(15)8-1-2-9(12-8)14(16)17/h1-2,7,12H,3-6H2. The molecule has 92 valence electrons. The predicted molar refractivity (Wildman–Crippen MR) is 62.2 cm³/mol. The number of aromatic amines is 1. The van der Waals surface area contributed by atoms with Gasteiger partial charge in [-0.05, 0) is 23.8 Å². The van der Waals surface area contributed by atoms with Crippen molar-refractivity contribution in [2.24, 2.45) is 0 Å². The van der Waals surface area contributed by atoms with E-state index in [-0.39, 0.29) is 22.8 Å². The van der Waals surface area contributed by atoms with E-state index in [0.29, 0.717) is 13.1 Å². The third kappa shape index (κ3) is 2.58. The number of carbonyl (C=O) groups is 1. The molecule has 0 spiro atoms. The summed E-state index contributed by atoms with van der Waals surface area (Å²) >= 11 is 5.94.